The van der Waals surface area contributed by atoms with Crippen molar-refractivity contribution in [1.29, 1.82) is 0 Å². The number of likely N-dealkylation sites (N-methyl/N-ethyl adjacent to an activating group) is 1. The fraction of sp³-hybridized carbons (Fsp3) is 0.267. The molecule has 1 aromatic carbocycles. The van der Waals surface area contributed by atoms with Crippen LogP contribution in [0.5, 0.6) is 0 Å². The lowest BCUT2D eigenvalue weighted by Crippen LogP contribution is -2.24. The smallest absolute Gasteiger partial charge is 0.250 e. The van der Waals surface area contributed by atoms with Crippen LogP contribution in [0.25, 0.3) is 12.2 Å². The summed E-state index contributed by atoms with van der Waals surface area (Å²) >= 11 is 0. The number of aromatic nitrogens is 2. The maximum Gasteiger partial charge on any atom is 0.250 e. The molecule has 110 valence electrons. The van der Waals surface area contributed by atoms with Crippen LogP contribution in [-0.4, -0.2) is 29.1 Å². The molecule has 1 aromatic heterocycles. The molecule has 1 atom stereocenters. The molecule has 0 aliphatic rings. The van der Waals surface area contributed by atoms with E-state index in [4.69, 9.17) is 10.3 Å². The molecule has 0 radical (unpaired) electrons. The second-order valence-electron chi connectivity index (χ2n) is 4.76. The SMILES string of the molecule is CNC(C)Cc1noc(/C=C/c2ccc(C(N)=O)cc2)n1. The highest BCUT2D eigenvalue weighted by atomic mass is 16.5. The summed E-state index contributed by atoms with van der Waals surface area (Å²) in [6, 6.07) is 7.25. The first-order valence-corrected chi connectivity index (χ1v) is 6.66. The van der Waals surface area contributed by atoms with Crippen LogP contribution in [0.3, 0.4) is 0 Å². The lowest BCUT2D eigenvalue weighted by molar-refractivity contribution is 0.100. The van der Waals surface area contributed by atoms with Crippen molar-refractivity contribution >= 4 is 18.1 Å². The molecule has 0 aliphatic heterocycles. The Kier molecular flexibility index (Phi) is 4.84. The fourth-order valence-corrected chi connectivity index (χ4v) is 1.72. The normalized spacial score (nSPS) is 12.7. The van der Waals surface area contributed by atoms with Gasteiger partial charge in [0.05, 0.1) is 0 Å². The van der Waals surface area contributed by atoms with Crippen LogP contribution < -0.4 is 11.1 Å². The third-order valence-electron chi connectivity index (χ3n) is 3.08. The number of carbonyl (C=O) groups is 1. The monoisotopic (exact) mass is 286 g/mol. The van der Waals surface area contributed by atoms with Crippen molar-refractivity contribution in [3.8, 4) is 0 Å². The molecular weight excluding hydrogens is 268 g/mol. The molecule has 6 nitrogen and oxygen atoms in total. The Bertz CT molecular complexity index is 631. The molecule has 2 rings (SSSR count). The zero-order valence-corrected chi connectivity index (χ0v) is 12.0. The minimum Gasteiger partial charge on any atom is -0.366 e. The first-order valence-electron chi connectivity index (χ1n) is 6.66. The molecule has 2 aromatic rings. The largest absolute Gasteiger partial charge is 0.366 e. The maximum atomic E-state index is 11.0. The van der Waals surface area contributed by atoms with Crippen LogP contribution >= 0.6 is 0 Å². The average molecular weight is 286 g/mol. The van der Waals surface area contributed by atoms with Crippen LogP contribution in [0, 0.1) is 0 Å². The van der Waals surface area contributed by atoms with Crippen LogP contribution in [0.4, 0.5) is 0 Å². The summed E-state index contributed by atoms with van der Waals surface area (Å²) in [7, 11) is 1.89. The van der Waals surface area contributed by atoms with Gasteiger partial charge in [0.2, 0.25) is 5.91 Å². The molecule has 0 bridgehead atoms. The molecular formula is C15H18N4O2. The van der Waals surface area contributed by atoms with E-state index in [-0.39, 0.29) is 0 Å². The van der Waals surface area contributed by atoms with Crippen LogP contribution in [-0.2, 0) is 6.42 Å². The van der Waals surface area contributed by atoms with Crippen molar-refractivity contribution in [1.82, 2.24) is 15.5 Å². The predicted octanol–water partition coefficient (Wildman–Crippen LogP) is 1.49. The molecule has 21 heavy (non-hydrogen) atoms. The Labute approximate surface area is 123 Å². The van der Waals surface area contributed by atoms with Gasteiger partial charge < -0.3 is 15.6 Å². The van der Waals surface area contributed by atoms with Crippen LogP contribution in [0.15, 0.2) is 28.8 Å². The maximum absolute atomic E-state index is 11.0. The quantitative estimate of drug-likeness (QED) is 0.839. The minimum atomic E-state index is -0.439. The number of nitrogens with two attached hydrogens (primary N) is 1. The van der Waals surface area contributed by atoms with Gasteiger partial charge in [0, 0.05) is 24.1 Å². The van der Waals surface area contributed by atoms with Crippen molar-refractivity contribution in [2.45, 2.75) is 19.4 Å². The van der Waals surface area contributed by atoms with Crippen molar-refractivity contribution in [3.63, 3.8) is 0 Å². The third kappa shape index (κ3) is 4.25. The number of hydrogen-bond acceptors (Lipinski definition) is 5. The van der Waals surface area contributed by atoms with Gasteiger partial charge in [-0.05, 0) is 37.7 Å². The zero-order chi connectivity index (χ0) is 15.2. The Balaban J connectivity index is 2.02. The predicted molar refractivity (Wildman–Crippen MR) is 80.4 cm³/mol. The highest BCUT2D eigenvalue weighted by Crippen LogP contribution is 2.09. The summed E-state index contributed by atoms with van der Waals surface area (Å²) in [5.74, 6) is 0.679. The van der Waals surface area contributed by atoms with E-state index in [0.717, 1.165) is 5.56 Å². The lowest BCUT2D eigenvalue weighted by Gasteiger charge is -2.04. The fourth-order valence-electron chi connectivity index (χ4n) is 1.72. The molecule has 0 saturated carbocycles. The number of amides is 1. The van der Waals surface area contributed by atoms with E-state index in [0.29, 0.717) is 29.7 Å². The number of nitrogens with one attached hydrogen (secondary N) is 1. The number of hydrogen-bond donors (Lipinski definition) is 2. The van der Waals surface area contributed by atoms with E-state index in [2.05, 4.69) is 15.5 Å². The number of carbonyl (C=O) groups excluding carboxylic acids is 1. The standard InChI is InChI=1S/C15H18N4O2/c1-10(17-2)9-13-18-14(21-19-13)8-5-11-3-6-12(7-4-11)15(16)20/h3-8,10,17H,9H2,1-2H3,(H2,16,20)/b8-5+. The first kappa shape index (κ1) is 14.9. The number of rotatable bonds is 6. The molecule has 0 fully saturated rings. The van der Waals surface area contributed by atoms with Gasteiger partial charge in [-0.2, -0.15) is 4.98 Å². The zero-order valence-electron chi connectivity index (χ0n) is 12.0. The van der Waals surface area contributed by atoms with Gasteiger partial charge in [0.25, 0.3) is 5.89 Å². The minimum absolute atomic E-state index is 0.292. The van der Waals surface area contributed by atoms with Crippen LogP contribution in [0.2, 0.25) is 0 Å². The van der Waals surface area contributed by atoms with E-state index in [9.17, 15) is 4.79 Å². The van der Waals surface area contributed by atoms with E-state index in [1.807, 2.05) is 20.0 Å². The summed E-state index contributed by atoms with van der Waals surface area (Å²) in [5.41, 5.74) is 6.59. The van der Waals surface area contributed by atoms with Gasteiger partial charge in [-0.15, -0.1) is 0 Å². The molecule has 3 N–H and O–H groups in total. The van der Waals surface area contributed by atoms with E-state index >= 15 is 0 Å². The van der Waals surface area contributed by atoms with Gasteiger partial charge in [-0.25, -0.2) is 0 Å². The molecule has 1 unspecified atom stereocenters. The molecule has 1 amide bonds. The molecule has 6 heteroatoms. The van der Waals surface area contributed by atoms with Crippen molar-refractivity contribution < 1.29 is 9.32 Å². The molecule has 0 aliphatic carbocycles. The molecule has 0 spiro atoms. The Morgan fingerprint density at radius 3 is 2.71 bits per heavy atom. The second kappa shape index (κ2) is 6.81. The topological polar surface area (TPSA) is 94.0 Å². The highest BCUT2D eigenvalue weighted by molar-refractivity contribution is 5.93. The Morgan fingerprint density at radius 2 is 2.10 bits per heavy atom. The third-order valence-corrected chi connectivity index (χ3v) is 3.08. The molecule has 0 saturated heterocycles. The first-order chi connectivity index (χ1) is 10.1. The summed E-state index contributed by atoms with van der Waals surface area (Å²) in [4.78, 5) is 15.3. The number of benzene rings is 1. The summed E-state index contributed by atoms with van der Waals surface area (Å²) in [6.45, 7) is 2.05. The van der Waals surface area contributed by atoms with E-state index in [1.54, 1.807) is 30.3 Å². The summed E-state index contributed by atoms with van der Waals surface area (Å²) in [5, 5.41) is 7.03. The number of nitrogens with zero attached hydrogens (tertiary/aromatic N) is 2. The van der Waals surface area contributed by atoms with Crippen molar-refractivity contribution in [3.05, 3.63) is 47.1 Å². The second-order valence-corrected chi connectivity index (χ2v) is 4.76. The van der Waals surface area contributed by atoms with Gasteiger partial charge in [0.15, 0.2) is 5.82 Å². The highest BCUT2D eigenvalue weighted by Gasteiger charge is 2.07. The van der Waals surface area contributed by atoms with Gasteiger partial charge in [-0.1, -0.05) is 17.3 Å². The van der Waals surface area contributed by atoms with Gasteiger partial charge >= 0.3 is 0 Å². The lowest BCUT2D eigenvalue weighted by atomic mass is 10.1. The number of primary amides is 1. The summed E-state index contributed by atoms with van der Waals surface area (Å²) < 4.78 is 5.14. The average Bonchev–Trinajstić information content (AvgIpc) is 2.93. The van der Waals surface area contributed by atoms with E-state index < -0.39 is 5.91 Å². The summed E-state index contributed by atoms with van der Waals surface area (Å²) in [6.07, 6.45) is 4.28. The van der Waals surface area contributed by atoms with Gasteiger partial charge in [-0.3, -0.25) is 4.79 Å². The van der Waals surface area contributed by atoms with E-state index in [1.165, 1.54) is 0 Å². The Morgan fingerprint density at radius 1 is 1.38 bits per heavy atom. The Hall–Kier alpha value is -2.47. The van der Waals surface area contributed by atoms with Crippen molar-refractivity contribution in [2.24, 2.45) is 5.73 Å². The van der Waals surface area contributed by atoms with Gasteiger partial charge in [0.1, 0.15) is 0 Å². The van der Waals surface area contributed by atoms with Crippen molar-refractivity contribution in [2.75, 3.05) is 7.05 Å². The molecule has 1 heterocycles. The van der Waals surface area contributed by atoms with Crippen LogP contribution in [0.1, 0.15) is 34.6 Å².